The van der Waals surface area contributed by atoms with Gasteiger partial charge in [0.1, 0.15) is 22.1 Å². The van der Waals surface area contributed by atoms with Crippen LogP contribution in [0.5, 0.6) is 11.5 Å². The van der Waals surface area contributed by atoms with Crippen LogP contribution in [-0.4, -0.2) is 24.9 Å². The van der Waals surface area contributed by atoms with Gasteiger partial charge in [-0.15, -0.1) is 0 Å². The van der Waals surface area contributed by atoms with Gasteiger partial charge in [-0.25, -0.2) is 4.98 Å². The Labute approximate surface area is 210 Å². The maximum atomic E-state index is 12.7. The Hall–Kier alpha value is -4.30. The van der Waals surface area contributed by atoms with Crippen LogP contribution in [-0.2, 0) is 16.7 Å². The maximum absolute atomic E-state index is 12.7. The molecule has 0 spiro atoms. The Bertz CT molecular complexity index is 1620. The van der Waals surface area contributed by atoms with Crippen LogP contribution in [0.3, 0.4) is 0 Å². The number of imidazole rings is 1. The number of anilines is 1. The van der Waals surface area contributed by atoms with E-state index in [1.165, 1.54) is 19.2 Å². The van der Waals surface area contributed by atoms with Gasteiger partial charge in [0, 0.05) is 18.3 Å². The Kier molecular flexibility index (Phi) is 6.35. The summed E-state index contributed by atoms with van der Waals surface area (Å²) in [4.78, 5) is 4.94. The lowest BCUT2D eigenvalue weighted by Crippen LogP contribution is -2.10. The molecule has 0 saturated heterocycles. The van der Waals surface area contributed by atoms with Crippen molar-refractivity contribution in [3.05, 3.63) is 108 Å². The van der Waals surface area contributed by atoms with Crippen molar-refractivity contribution in [3.63, 3.8) is 0 Å². The molecule has 0 saturated carbocycles. The molecular weight excluding hydrogens is 474 g/mol. The molecule has 0 aliphatic heterocycles. The molecule has 182 valence electrons. The van der Waals surface area contributed by atoms with Crippen molar-refractivity contribution in [1.29, 1.82) is 0 Å². The second kappa shape index (κ2) is 9.75. The van der Waals surface area contributed by atoms with Crippen LogP contribution >= 0.6 is 0 Å². The van der Waals surface area contributed by atoms with E-state index in [4.69, 9.17) is 13.9 Å². The number of hydrogen-bond donors (Lipinski definition) is 1. The van der Waals surface area contributed by atoms with Gasteiger partial charge in [0.25, 0.3) is 0 Å². The highest BCUT2D eigenvalue weighted by molar-refractivity contribution is 7.87. The molecule has 8 heteroatoms. The lowest BCUT2D eigenvalue weighted by molar-refractivity contribution is 0.391. The predicted octanol–water partition coefficient (Wildman–Crippen LogP) is 5.70. The summed E-state index contributed by atoms with van der Waals surface area (Å²) < 4.78 is 38.4. The number of hydrogen-bond acceptors (Lipinski definition) is 6. The molecule has 0 atom stereocenters. The summed E-state index contributed by atoms with van der Waals surface area (Å²) in [5.74, 6) is 1.21. The van der Waals surface area contributed by atoms with Crippen molar-refractivity contribution < 1.29 is 17.3 Å². The quantitative estimate of drug-likeness (QED) is 0.276. The van der Waals surface area contributed by atoms with Crippen LogP contribution < -0.4 is 14.2 Å². The second-order valence-electron chi connectivity index (χ2n) is 8.30. The zero-order valence-electron chi connectivity index (χ0n) is 19.9. The van der Waals surface area contributed by atoms with Crippen LogP contribution in [0, 0.1) is 6.92 Å². The van der Waals surface area contributed by atoms with Crippen molar-refractivity contribution in [2.75, 3.05) is 12.4 Å². The minimum Gasteiger partial charge on any atom is -0.493 e. The number of aryl methyl sites for hydroxylation is 1. The molecule has 36 heavy (non-hydrogen) atoms. The third-order valence-electron chi connectivity index (χ3n) is 5.75. The third kappa shape index (κ3) is 4.76. The van der Waals surface area contributed by atoms with Gasteiger partial charge in [0.2, 0.25) is 0 Å². The molecule has 3 aromatic carbocycles. The summed E-state index contributed by atoms with van der Waals surface area (Å²) in [6.07, 6.45) is 1.98. The number of benzene rings is 3. The first-order chi connectivity index (χ1) is 17.4. The molecule has 0 bridgehead atoms. The highest BCUT2D eigenvalue weighted by Crippen LogP contribution is 2.37. The average Bonchev–Trinajstić information content (AvgIpc) is 3.26. The van der Waals surface area contributed by atoms with E-state index in [0.717, 1.165) is 28.2 Å². The summed E-state index contributed by atoms with van der Waals surface area (Å²) in [5, 5.41) is 3.51. The van der Waals surface area contributed by atoms with Crippen LogP contribution in [0.2, 0.25) is 0 Å². The average molecular weight is 500 g/mol. The van der Waals surface area contributed by atoms with E-state index >= 15 is 0 Å². The second-order valence-corrected chi connectivity index (χ2v) is 9.84. The van der Waals surface area contributed by atoms with Gasteiger partial charge in [-0.05, 0) is 60.5 Å². The van der Waals surface area contributed by atoms with E-state index in [2.05, 4.69) is 17.4 Å². The molecular formula is C28H25N3O4S. The Morgan fingerprint density at radius 1 is 0.889 bits per heavy atom. The SMILES string of the molecule is COc1cc(-c2nc3cc(C)ccn3c2NCc2ccccc2)ccc1OS(=O)(=O)c1ccccc1. The van der Waals surface area contributed by atoms with Crippen molar-refractivity contribution in [3.8, 4) is 22.8 Å². The molecule has 0 aliphatic rings. The summed E-state index contributed by atoms with van der Waals surface area (Å²) in [6.45, 7) is 2.64. The molecule has 0 radical (unpaired) electrons. The monoisotopic (exact) mass is 499 g/mol. The number of fused-ring (bicyclic) bond motifs is 1. The van der Waals surface area contributed by atoms with Crippen molar-refractivity contribution >= 4 is 21.6 Å². The fourth-order valence-electron chi connectivity index (χ4n) is 3.94. The topological polar surface area (TPSA) is 81.9 Å². The van der Waals surface area contributed by atoms with E-state index in [0.29, 0.717) is 12.2 Å². The van der Waals surface area contributed by atoms with Crippen LogP contribution in [0.15, 0.2) is 102 Å². The van der Waals surface area contributed by atoms with Gasteiger partial charge in [0.15, 0.2) is 11.5 Å². The number of rotatable bonds is 8. The van der Waals surface area contributed by atoms with E-state index < -0.39 is 10.1 Å². The minimum absolute atomic E-state index is 0.0687. The molecule has 7 nitrogen and oxygen atoms in total. The smallest absolute Gasteiger partial charge is 0.339 e. The number of nitrogens with zero attached hydrogens (tertiary/aromatic N) is 2. The first-order valence-electron chi connectivity index (χ1n) is 11.4. The van der Waals surface area contributed by atoms with Gasteiger partial charge in [0.05, 0.1) is 7.11 Å². The molecule has 0 fully saturated rings. The summed E-state index contributed by atoms with van der Waals surface area (Å²) in [6, 6.07) is 27.3. The minimum atomic E-state index is -4.01. The molecule has 1 N–H and O–H groups in total. The Morgan fingerprint density at radius 3 is 2.33 bits per heavy atom. The lowest BCUT2D eigenvalue weighted by atomic mass is 10.1. The number of methoxy groups -OCH3 is 1. The maximum Gasteiger partial charge on any atom is 0.339 e. The van der Waals surface area contributed by atoms with Gasteiger partial charge in [-0.2, -0.15) is 8.42 Å². The fourth-order valence-corrected chi connectivity index (χ4v) is 4.90. The van der Waals surface area contributed by atoms with Gasteiger partial charge >= 0.3 is 10.1 Å². The molecule has 0 aliphatic carbocycles. The Morgan fingerprint density at radius 2 is 1.61 bits per heavy atom. The predicted molar refractivity (Wildman–Crippen MR) is 140 cm³/mol. The molecule has 0 amide bonds. The lowest BCUT2D eigenvalue weighted by Gasteiger charge is -2.13. The molecule has 2 heterocycles. The van der Waals surface area contributed by atoms with E-state index in [1.807, 2.05) is 47.9 Å². The fraction of sp³-hybridized carbons (Fsp3) is 0.107. The number of aromatic nitrogens is 2. The van der Waals surface area contributed by atoms with Crippen LogP contribution in [0.25, 0.3) is 16.9 Å². The Balaban J connectivity index is 1.53. The largest absolute Gasteiger partial charge is 0.493 e. The molecule has 5 rings (SSSR count). The van der Waals surface area contributed by atoms with Crippen LogP contribution in [0.1, 0.15) is 11.1 Å². The van der Waals surface area contributed by atoms with Crippen molar-refractivity contribution in [2.24, 2.45) is 0 Å². The summed E-state index contributed by atoms with van der Waals surface area (Å²) >= 11 is 0. The number of ether oxygens (including phenoxy) is 1. The first-order valence-corrected chi connectivity index (χ1v) is 12.8. The third-order valence-corrected chi connectivity index (χ3v) is 7.00. The first kappa shape index (κ1) is 23.4. The highest BCUT2D eigenvalue weighted by Gasteiger charge is 2.21. The summed E-state index contributed by atoms with van der Waals surface area (Å²) in [7, 11) is -2.53. The van der Waals surface area contributed by atoms with E-state index in [9.17, 15) is 8.42 Å². The van der Waals surface area contributed by atoms with E-state index in [1.54, 1.807) is 36.4 Å². The highest BCUT2D eigenvalue weighted by atomic mass is 32.2. The standard InChI is InChI=1S/C28H25N3O4S/c1-20-15-16-31-26(17-20)30-27(28(31)29-19-21-9-5-3-6-10-21)22-13-14-24(25(18-22)34-2)35-36(32,33)23-11-7-4-8-12-23/h3-18,29H,19H2,1-2H3. The normalized spacial score (nSPS) is 11.4. The summed E-state index contributed by atoms with van der Waals surface area (Å²) in [5.41, 5.74) is 4.51. The number of nitrogens with one attached hydrogen (secondary N) is 1. The van der Waals surface area contributed by atoms with Crippen molar-refractivity contribution in [1.82, 2.24) is 9.38 Å². The van der Waals surface area contributed by atoms with Gasteiger partial charge < -0.3 is 14.2 Å². The molecule has 5 aromatic rings. The van der Waals surface area contributed by atoms with Crippen molar-refractivity contribution in [2.45, 2.75) is 18.4 Å². The number of pyridine rings is 1. The van der Waals surface area contributed by atoms with Gasteiger partial charge in [-0.3, -0.25) is 4.40 Å². The molecule has 2 aromatic heterocycles. The van der Waals surface area contributed by atoms with Crippen LogP contribution in [0.4, 0.5) is 5.82 Å². The van der Waals surface area contributed by atoms with Gasteiger partial charge in [-0.1, -0.05) is 48.5 Å². The zero-order valence-corrected chi connectivity index (χ0v) is 20.7. The zero-order chi connectivity index (χ0) is 25.1. The van der Waals surface area contributed by atoms with E-state index in [-0.39, 0.29) is 16.4 Å². The molecule has 0 unspecified atom stereocenters.